The van der Waals surface area contributed by atoms with Gasteiger partial charge in [-0.1, -0.05) is 51.4 Å². The van der Waals surface area contributed by atoms with Crippen molar-refractivity contribution in [1.82, 2.24) is 0 Å². The molecule has 1 nitrogen and oxygen atoms in total. The van der Waals surface area contributed by atoms with Crippen LogP contribution in [-0.2, 0) is 0 Å². The Labute approximate surface area is 88.4 Å². The van der Waals surface area contributed by atoms with Crippen LogP contribution in [0, 0.1) is 17.8 Å². The average molecular weight is 195 g/mol. The van der Waals surface area contributed by atoms with Crippen LogP contribution in [0.4, 0.5) is 0 Å². The Morgan fingerprint density at radius 3 is 2.07 bits per heavy atom. The van der Waals surface area contributed by atoms with Gasteiger partial charge in [0.05, 0.1) is 0 Å². The quantitative estimate of drug-likeness (QED) is 0.731. The fourth-order valence-corrected chi connectivity index (χ4v) is 3.58. The summed E-state index contributed by atoms with van der Waals surface area (Å²) < 4.78 is 0. The Morgan fingerprint density at radius 1 is 0.929 bits per heavy atom. The minimum Gasteiger partial charge on any atom is -0.330 e. The molecule has 0 aromatic carbocycles. The number of hydrogen-bond donors (Lipinski definition) is 1. The summed E-state index contributed by atoms with van der Waals surface area (Å²) in [4.78, 5) is 0. The van der Waals surface area contributed by atoms with E-state index in [1.54, 1.807) is 0 Å². The van der Waals surface area contributed by atoms with Crippen molar-refractivity contribution >= 4 is 0 Å². The Balaban J connectivity index is 1.79. The van der Waals surface area contributed by atoms with Crippen LogP contribution in [0.25, 0.3) is 0 Å². The first-order valence-electron chi connectivity index (χ1n) is 6.60. The number of nitrogens with two attached hydrogens (primary N) is 1. The van der Waals surface area contributed by atoms with Crippen LogP contribution in [0.2, 0.25) is 0 Å². The second-order valence-electron chi connectivity index (χ2n) is 5.43. The average Bonchev–Trinajstić information content (AvgIpc) is 2.86. The second kappa shape index (κ2) is 5.16. The van der Waals surface area contributed by atoms with E-state index < -0.39 is 0 Å². The molecule has 2 saturated carbocycles. The van der Waals surface area contributed by atoms with Crippen molar-refractivity contribution in [2.75, 3.05) is 6.54 Å². The SMILES string of the molecule is NCC(CC1CCCC1)C1CCCC1. The van der Waals surface area contributed by atoms with Crippen molar-refractivity contribution in [1.29, 1.82) is 0 Å². The van der Waals surface area contributed by atoms with Gasteiger partial charge in [0.15, 0.2) is 0 Å². The third kappa shape index (κ3) is 2.50. The summed E-state index contributed by atoms with van der Waals surface area (Å²) in [6.07, 6.45) is 13.2. The molecule has 2 aliphatic carbocycles. The van der Waals surface area contributed by atoms with E-state index in [2.05, 4.69) is 0 Å². The zero-order valence-corrected chi connectivity index (χ0v) is 9.38. The van der Waals surface area contributed by atoms with E-state index in [9.17, 15) is 0 Å². The summed E-state index contributed by atoms with van der Waals surface area (Å²) in [5, 5.41) is 0. The van der Waals surface area contributed by atoms with Crippen LogP contribution < -0.4 is 5.73 Å². The van der Waals surface area contributed by atoms with Crippen molar-refractivity contribution < 1.29 is 0 Å². The minimum atomic E-state index is 0.862. The van der Waals surface area contributed by atoms with Gasteiger partial charge in [-0.05, 0) is 30.7 Å². The number of rotatable bonds is 4. The van der Waals surface area contributed by atoms with Gasteiger partial charge >= 0.3 is 0 Å². The largest absolute Gasteiger partial charge is 0.330 e. The van der Waals surface area contributed by atoms with Crippen LogP contribution in [-0.4, -0.2) is 6.54 Å². The van der Waals surface area contributed by atoms with Gasteiger partial charge < -0.3 is 5.73 Å². The van der Waals surface area contributed by atoms with E-state index >= 15 is 0 Å². The molecule has 0 bridgehead atoms. The van der Waals surface area contributed by atoms with Gasteiger partial charge in [-0.25, -0.2) is 0 Å². The summed E-state index contributed by atoms with van der Waals surface area (Å²) in [6, 6.07) is 0. The van der Waals surface area contributed by atoms with Crippen LogP contribution in [0.15, 0.2) is 0 Å². The molecule has 2 aliphatic rings. The molecule has 2 N–H and O–H groups in total. The van der Waals surface area contributed by atoms with Gasteiger partial charge in [-0.3, -0.25) is 0 Å². The van der Waals surface area contributed by atoms with Gasteiger partial charge in [0.25, 0.3) is 0 Å². The number of hydrogen-bond acceptors (Lipinski definition) is 1. The first kappa shape index (κ1) is 10.5. The molecule has 0 aromatic heterocycles. The summed E-state index contributed by atoms with van der Waals surface area (Å²) in [5.41, 5.74) is 5.93. The molecular formula is C13H25N. The zero-order valence-electron chi connectivity index (χ0n) is 9.38. The maximum absolute atomic E-state index is 5.93. The van der Waals surface area contributed by atoms with Crippen molar-refractivity contribution in [2.24, 2.45) is 23.5 Å². The zero-order chi connectivity index (χ0) is 9.80. The molecule has 0 heterocycles. The maximum Gasteiger partial charge on any atom is -0.00461 e. The summed E-state index contributed by atoms with van der Waals surface area (Å²) in [6.45, 7) is 0.946. The minimum absolute atomic E-state index is 0.862. The van der Waals surface area contributed by atoms with E-state index in [0.29, 0.717) is 0 Å². The monoisotopic (exact) mass is 195 g/mol. The molecule has 0 saturated heterocycles. The summed E-state index contributed by atoms with van der Waals surface area (Å²) >= 11 is 0. The lowest BCUT2D eigenvalue weighted by Gasteiger charge is -2.24. The van der Waals surface area contributed by atoms with Crippen LogP contribution >= 0.6 is 0 Å². The van der Waals surface area contributed by atoms with E-state index in [4.69, 9.17) is 5.73 Å². The standard InChI is InChI=1S/C13H25N/c14-10-13(12-7-3-4-8-12)9-11-5-1-2-6-11/h11-13H,1-10,14H2. The molecule has 1 unspecified atom stereocenters. The van der Waals surface area contributed by atoms with Gasteiger partial charge in [-0.15, -0.1) is 0 Å². The molecule has 0 amide bonds. The molecule has 82 valence electrons. The molecule has 14 heavy (non-hydrogen) atoms. The highest BCUT2D eigenvalue weighted by Crippen LogP contribution is 2.38. The fraction of sp³-hybridized carbons (Fsp3) is 1.00. The predicted molar refractivity (Wildman–Crippen MR) is 61.1 cm³/mol. The fourth-order valence-electron chi connectivity index (χ4n) is 3.58. The van der Waals surface area contributed by atoms with Crippen LogP contribution in [0.3, 0.4) is 0 Å². The van der Waals surface area contributed by atoms with Crippen LogP contribution in [0.5, 0.6) is 0 Å². The highest BCUT2D eigenvalue weighted by atomic mass is 14.6. The topological polar surface area (TPSA) is 26.0 Å². The smallest absolute Gasteiger partial charge is 0.00461 e. The lowest BCUT2D eigenvalue weighted by Crippen LogP contribution is -2.23. The molecule has 2 rings (SSSR count). The Bertz CT molecular complexity index is 155. The third-order valence-corrected chi connectivity index (χ3v) is 4.48. The van der Waals surface area contributed by atoms with E-state index in [1.807, 2.05) is 0 Å². The summed E-state index contributed by atoms with van der Waals surface area (Å²) in [5.74, 6) is 2.88. The van der Waals surface area contributed by atoms with Gasteiger partial charge in [0.1, 0.15) is 0 Å². The Morgan fingerprint density at radius 2 is 1.50 bits per heavy atom. The van der Waals surface area contributed by atoms with E-state index in [1.165, 1.54) is 57.8 Å². The molecule has 0 radical (unpaired) electrons. The van der Waals surface area contributed by atoms with Crippen molar-refractivity contribution in [2.45, 2.75) is 57.8 Å². The molecule has 0 aromatic rings. The first-order valence-corrected chi connectivity index (χ1v) is 6.60. The van der Waals surface area contributed by atoms with Gasteiger partial charge in [-0.2, -0.15) is 0 Å². The second-order valence-corrected chi connectivity index (χ2v) is 5.43. The highest BCUT2D eigenvalue weighted by molar-refractivity contribution is 4.80. The third-order valence-electron chi connectivity index (χ3n) is 4.48. The first-order chi connectivity index (χ1) is 6.90. The molecule has 0 spiro atoms. The van der Waals surface area contributed by atoms with Crippen LogP contribution in [0.1, 0.15) is 57.8 Å². The summed E-state index contributed by atoms with van der Waals surface area (Å²) in [7, 11) is 0. The van der Waals surface area contributed by atoms with Gasteiger partial charge in [0.2, 0.25) is 0 Å². The van der Waals surface area contributed by atoms with E-state index in [0.717, 1.165) is 24.3 Å². The molecular weight excluding hydrogens is 170 g/mol. The van der Waals surface area contributed by atoms with Crippen molar-refractivity contribution in [3.8, 4) is 0 Å². The normalized spacial score (nSPS) is 27.2. The molecule has 1 atom stereocenters. The predicted octanol–water partition coefficient (Wildman–Crippen LogP) is 3.33. The lowest BCUT2D eigenvalue weighted by atomic mass is 9.83. The van der Waals surface area contributed by atoms with Crippen molar-refractivity contribution in [3.05, 3.63) is 0 Å². The Kier molecular flexibility index (Phi) is 3.86. The molecule has 2 fully saturated rings. The highest BCUT2D eigenvalue weighted by Gasteiger charge is 2.27. The molecule has 0 aliphatic heterocycles. The van der Waals surface area contributed by atoms with Gasteiger partial charge in [0, 0.05) is 0 Å². The lowest BCUT2D eigenvalue weighted by molar-refractivity contribution is 0.277. The maximum atomic E-state index is 5.93. The van der Waals surface area contributed by atoms with Crippen molar-refractivity contribution in [3.63, 3.8) is 0 Å². The Hall–Kier alpha value is -0.0400. The molecule has 1 heteroatoms. The van der Waals surface area contributed by atoms with E-state index in [-0.39, 0.29) is 0 Å².